The van der Waals surface area contributed by atoms with E-state index in [1.165, 1.54) is 7.11 Å². The lowest BCUT2D eigenvalue weighted by molar-refractivity contribution is -0.154. The summed E-state index contributed by atoms with van der Waals surface area (Å²) in [5.74, 6) is -0.0511. The maximum absolute atomic E-state index is 11.8. The molecule has 1 atom stereocenters. The minimum Gasteiger partial charge on any atom is -0.469 e. The molecule has 1 rings (SSSR count). The number of hydrogen-bond acceptors (Lipinski definition) is 3. The quantitative estimate of drug-likeness (QED) is 0.655. The third-order valence-electron chi connectivity index (χ3n) is 3.02. The summed E-state index contributed by atoms with van der Waals surface area (Å²) in [5.41, 5.74) is -0.264. The standard InChI is InChI=1S/C11H20O3/c1-3-5-11(10(12)13-2)6-4-8-14-9-7-11/h3-9H2,1-2H3. The van der Waals surface area contributed by atoms with E-state index >= 15 is 0 Å². The Morgan fingerprint density at radius 2 is 2.21 bits per heavy atom. The smallest absolute Gasteiger partial charge is 0.311 e. The number of carbonyl (C=O) groups excluding carboxylic acids is 1. The molecule has 3 nitrogen and oxygen atoms in total. The van der Waals surface area contributed by atoms with Crippen LogP contribution in [0.3, 0.4) is 0 Å². The van der Waals surface area contributed by atoms with Crippen molar-refractivity contribution in [2.45, 2.75) is 39.0 Å². The zero-order valence-electron chi connectivity index (χ0n) is 9.17. The van der Waals surface area contributed by atoms with Crippen molar-refractivity contribution in [3.05, 3.63) is 0 Å². The lowest BCUT2D eigenvalue weighted by Crippen LogP contribution is -2.32. The van der Waals surface area contributed by atoms with Gasteiger partial charge in [0.05, 0.1) is 12.5 Å². The Hall–Kier alpha value is -0.570. The van der Waals surface area contributed by atoms with Crippen molar-refractivity contribution >= 4 is 5.97 Å². The van der Waals surface area contributed by atoms with E-state index in [0.29, 0.717) is 6.61 Å². The van der Waals surface area contributed by atoms with E-state index < -0.39 is 0 Å². The maximum Gasteiger partial charge on any atom is 0.311 e. The first-order valence-corrected chi connectivity index (χ1v) is 5.41. The Kier molecular flexibility index (Phi) is 4.39. The third-order valence-corrected chi connectivity index (χ3v) is 3.02. The molecular weight excluding hydrogens is 180 g/mol. The van der Waals surface area contributed by atoms with Crippen LogP contribution in [0.1, 0.15) is 39.0 Å². The zero-order chi connectivity index (χ0) is 10.4. The highest BCUT2D eigenvalue weighted by molar-refractivity contribution is 5.76. The Morgan fingerprint density at radius 1 is 1.43 bits per heavy atom. The third kappa shape index (κ3) is 2.47. The lowest BCUT2D eigenvalue weighted by atomic mass is 9.77. The molecule has 3 heteroatoms. The van der Waals surface area contributed by atoms with Crippen LogP contribution in [0.5, 0.6) is 0 Å². The van der Waals surface area contributed by atoms with Gasteiger partial charge in [-0.1, -0.05) is 13.3 Å². The molecule has 0 saturated carbocycles. The molecule has 1 aliphatic heterocycles. The van der Waals surface area contributed by atoms with Gasteiger partial charge in [-0.15, -0.1) is 0 Å². The molecule has 0 aromatic rings. The molecule has 0 aromatic carbocycles. The molecule has 0 aromatic heterocycles. The number of esters is 1. The highest BCUT2D eigenvalue weighted by Gasteiger charge is 2.38. The summed E-state index contributed by atoms with van der Waals surface area (Å²) < 4.78 is 10.3. The van der Waals surface area contributed by atoms with E-state index in [-0.39, 0.29) is 11.4 Å². The van der Waals surface area contributed by atoms with E-state index in [9.17, 15) is 4.79 Å². The fourth-order valence-corrected chi connectivity index (χ4v) is 2.26. The topological polar surface area (TPSA) is 35.5 Å². The predicted octanol–water partition coefficient (Wildman–Crippen LogP) is 2.15. The van der Waals surface area contributed by atoms with E-state index in [2.05, 4.69) is 6.92 Å². The largest absolute Gasteiger partial charge is 0.469 e. The zero-order valence-corrected chi connectivity index (χ0v) is 9.17. The normalized spacial score (nSPS) is 28.1. The van der Waals surface area contributed by atoms with E-state index in [0.717, 1.165) is 38.7 Å². The molecule has 1 saturated heterocycles. The van der Waals surface area contributed by atoms with Crippen molar-refractivity contribution in [3.8, 4) is 0 Å². The number of hydrogen-bond donors (Lipinski definition) is 0. The van der Waals surface area contributed by atoms with Crippen molar-refractivity contribution in [3.63, 3.8) is 0 Å². The summed E-state index contributed by atoms with van der Waals surface area (Å²) in [7, 11) is 1.48. The van der Waals surface area contributed by atoms with Gasteiger partial charge in [0.2, 0.25) is 0 Å². The Bertz CT molecular complexity index is 181. The first kappa shape index (κ1) is 11.5. The molecule has 0 radical (unpaired) electrons. The Morgan fingerprint density at radius 3 is 2.86 bits per heavy atom. The monoisotopic (exact) mass is 200 g/mol. The van der Waals surface area contributed by atoms with E-state index in [1.807, 2.05) is 0 Å². The van der Waals surface area contributed by atoms with E-state index in [4.69, 9.17) is 9.47 Å². The van der Waals surface area contributed by atoms with Gasteiger partial charge in [-0.25, -0.2) is 0 Å². The van der Waals surface area contributed by atoms with Gasteiger partial charge in [0.25, 0.3) is 0 Å². The van der Waals surface area contributed by atoms with Gasteiger partial charge in [0.1, 0.15) is 0 Å². The molecule has 0 aliphatic carbocycles. The minimum absolute atomic E-state index is 0.0511. The van der Waals surface area contributed by atoms with Gasteiger partial charge >= 0.3 is 5.97 Å². The summed E-state index contributed by atoms with van der Waals surface area (Å²) in [4.78, 5) is 11.8. The van der Waals surface area contributed by atoms with Gasteiger partial charge in [-0.2, -0.15) is 0 Å². The first-order valence-electron chi connectivity index (χ1n) is 5.41. The van der Waals surface area contributed by atoms with Crippen LogP contribution in [-0.2, 0) is 14.3 Å². The van der Waals surface area contributed by atoms with Crippen LogP contribution in [0.25, 0.3) is 0 Å². The molecular formula is C11H20O3. The van der Waals surface area contributed by atoms with Crippen molar-refractivity contribution in [1.82, 2.24) is 0 Å². The van der Waals surface area contributed by atoms with Gasteiger partial charge in [0.15, 0.2) is 0 Å². The molecule has 0 spiro atoms. The summed E-state index contributed by atoms with van der Waals surface area (Å²) in [6.07, 6.45) is 4.63. The molecule has 0 bridgehead atoms. The minimum atomic E-state index is -0.264. The van der Waals surface area contributed by atoms with Crippen LogP contribution >= 0.6 is 0 Å². The van der Waals surface area contributed by atoms with Crippen LogP contribution in [0.15, 0.2) is 0 Å². The average molecular weight is 200 g/mol. The SMILES string of the molecule is CCCC1(C(=O)OC)CCCOCC1. The molecule has 1 unspecified atom stereocenters. The van der Waals surface area contributed by atoms with E-state index in [1.54, 1.807) is 0 Å². The van der Waals surface area contributed by atoms with Crippen molar-refractivity contribution in [2.24, 2.45) is 5.41 Å². The van der Waals surface area contributed by atoms with Crippen LogP contribution < -0.4 is 0 Å². The fourth-order valence-electron chi connectivity index (χ4n) is 2.26. The average Bonchev–Trinajstić information content (AvgIpc) is 2.44. The maximum atomic E-state index is 11.8. The molecule has 1 fully saturated rings. The van der Waals surface area contributed by atoms with Crippen LogP contribution in [0, 0.1) is 5.41 Å². The molecule has 0 N–H and O–H groups in total. The molecule has 14 heavy (non-hydrogen) atoms. The summed E-state index contributed by atoms with van der Waals surface area (Å²) >= 11 is 0. The lowest BCUT2D eigenvalue weighted by Gasteiger charge is -2.28. The number of carbonyl (C=O) groups is 1. The fraction of sp³-hybridized carbons (Fsp3) is 0.909. The van der Waals surface area contributed by atoms with Crippen molar-refractivity contribution in [2.75, 3.05) is 20.3 Å². The summed E-state index contributed by atoms with van der Waals surface area (Å²) in [6.45, 7) is 3.58. The second kappa shape index (κ2) is 5.35. The molecule has 82 valence electrons. The van der Waals surface area contributed by atoms with Crippen LogP contribution in [0.2, 0.25) is 0 Å². The Labute approximate surface area is 85.8 Å². The van der Waals surface area contributed by atoms with Crippen LogP contribution in [0.4, 0.5) is 0 Å². The summed E-state index contributed by atoms with van der Waals surface area (Å²) in [6, 6.07) is 0. The number of ether oxygens (including phenoxy) is 2. The molecule has 1 aliphatic rings. The van der Waals surface area contributed by atoms with Gasteiger partial charge < -0.3 is 9.47 Å². The van der Waals surface area contributed by atoms with Gasteiger partial charge in [0, 0.05) is 13.2 Å². The summed E-state index contributed by atoms with van der Waals surface area (Å²) in [5, 5.41) is 0. The first-order chi connectivity index (χ1) is 6.75. The molecule has 0 amide bonds. The Balaban J connectivity index is 2.71. The second-order valence-corrected chi connectivity index (χ2v) is 3.99. The second-order valence-electron chi connectivity index (χ2n) is 3.99. The number of rotatable bonds is 3. The van der Waals surface area contributed by atoms with Crippen molar-refractivity contribution < 1.29 is 14.3 Å². The molecule has 1 heterocycles. The van der Waals surface area contributed by atoms with Crippen LogP contribution in [-0.4, -0.2) is 26.3 Å². The highest BCUT2D eigenvalue weighted by Crippen LogP contribution is 2.36. The predicted molar refractivity (Wildman–Crippen MR) is 54.0 cm³/mol. The van der Waals surface area contributed by atoms with Gasteiger partial charge in [-0.05, 0) is 25.7 Å². The van der Waals surface area contributed by atoms with Crippen molar-refractivity contribution in [1.29, 1.82) is 0 Å². The number of methoxy groups -OCH3 is 1. The van der Waals surface area contributed by atoms with Gasteiger partial charge in [-0.3, -0.25) is 4.79 Å². The highest BCUT2D eigenvalue weighted by atomic mass is 16.5.